The van der Waals surface area contributed by atoms with Gasteiger partial charge in [0.05, 0.1) is 11.1 Å². The molecule has 3 rings (SSSR count). The van der Waals surface area contributed by atoms with E-state index in [1.165, 1.54) is 35.9 Å². The Balaban J connectivity index is 1.61. The van der Waals surface area contributed by atoms with Gasteiger partial charge in [-0.3, -0.25) is 4.79 Å². The number of hydrogen-bond acceptors (Lipinski definition) is 6. The summed E-state index contributed by atoms with van der Waals surface area (Å²) >= 11 is 1.41. The number of carbonyl (C=O) groups excluding carboxylic acids is 2. The summed E-state index contributed by atoms with van der Waals surface area (Å²) in [7, 11) is 0. The van der Waals surface area contributed by atoms with Crippen molar-refractivity contribution in [3.63, 3.8) is 0 Å². The third kappa shape index (κ3) is 3.78. The van der Waals surface area contributed by atoms with Crippen LogP contribution in [0.2, 0.25) is 0 Å². The Morgan fingerprint density at radius 2 is 2.04 bits per heavy atom. The van der Waals surface area contributed by atoms with Crippen molar-refractivity contribution in [2.45, 2.75) is 25.7 Å². The van der Waals surface area contributed by atoms with Gasteiger partial charge in [0, 0.05) is 17.0 Å². The summed E-state index contributed by atoms with van der Waals surface area (Å²) in [6, 6.07) is 4.79. The Kier molecular flexibility index (Phi) is 4.95. The third-order valence-corrected chi connectivity index (χ3v) is 5.12. The average Bonchev–Trinajstić information content (AvgIpc) is 2.97. The highest BCUT2D eigenvalue weighted by Gasteiger charge is 2.22. The number of nitrogens with one attached hydrogen (secondary N) is 1. The summed E-state index contributed by atoms with van der Waals surface area (Å²) in [4.78, 5) is 25.0. The van der Waals surface area contributed by atoms with E-state index >= 15 is 0 Å². The molecule has 8 heteroatoms. The Morgan fingerprint density at radius 3 is 2.76 bits per heavy atom. The molecule has 0 atom stereocenters. The molecule has 1 aliphatic carbocycles. The lowest BCUT2D eigenvalue weighted by Gasteiger charge is -2.09. The minimum absolute atomic E-state index is 0.184. The topological polar surface area (TPSA) is 106 Å². The van der Waals surface area contributed by atoms with Crippen LogP contribution < -0.4 is 10.0 Å². The van der Waals surface area contributed by atoms with Gasteiger partial charge in [-0.25, -0.2) is 4.79 Å². The number of rotatable bonds is 4. The molecule has 0 spiro atoms. The van der Waals surface area contributed by atoms with Gasteiger partial charge in [0.2, 0.25) is 0 Å². The molecule has 2 aromatic rings. The maximum atomic E-state index is 12.0. The van der Waals surface area contributed by atoms with Crippen molar-refractivity contribution in [1.29, 1.82) is 5.26 Å². The van der Waals surface area contributed by atoms with E-state index in [1.807, 2.05) is 0 Å². The highest BCUT2D eigenvalue weighted by molar-refractivity contribution is 7.16. The van der Waals surface area contributed by atoms with E-state index in [-0.39, 0.29) is 5.56 Å². The van der Waals surface area contributed by atoms with Crippen molar-refractivity contribution < 1.29 is 19.1 Å². The van der Waals surface area contributed by atoms with E-state index in [0.717, 1.165) is 36.1 Å². The molecule has 0 saturated carbocycles. The molecule has 1 N–H and O–H groups in total. The van der Waals surface area contributed by atoms with Crippen LogP contribution in [0.25, 0.3) is 0 Å². The lowest BCUT2D eigenvalue weighted by Crippen LogP contribution is -2.25. The fraction of sp³-hybridized carbons (Fsp3) is 0.294. The normalized spacial score (nSPS) is 12.8. The summed E-state index contributed by atoms with van der Waals surface area (Å²) in [6.45, 7) is -0.460. The zero-order chi connectivity index (χ0) is 17.8. The van der Waals surface area contributed by atoms with E-state index in [4.69, 9.17) is 4.74 Å². The average molecular weight is 357 g/mol. The fourth-order valence-corrected chi connectivity index (χ4v) is 3.95. The molecular formula is C17H15N3O4S. The van der Waals surface area contributed by atoms with Crippen LogP contribution in [0.15, 0.2) is 24.5 Å². The maximum absolute atomic E-state index is 12.0. The van der Waals surface area contributed by atoms with Gasteiger partial charge in [-0.05, 0) is 31.2 Å². The van der Waals surface area contributed by atoms with Gasteiger partial charge in [-0.15, -0.1) is 11.3 Å². The standard InChI is InChI=1S/C17H15N3O4S/c18-9-13-12-3-1-2-4-14(12)25-16(13)19-15(21)10-24-17(22)11-5-7-20(23)8-6-11/h5-8H,1-4,10H2,(H,19,21). The number of anilines is 1. The highest BCUT2D eigenvalue weighted by atomic mass is 32.1. The molecule has 1 amide bonds. The van der Waals surface area contributed by atoms with Gasteiger partial charge >= 0.3 is 5.97 Å². The molecule has 0 aromatic carbocycles. The third-order valence-electron chi connectivity index (χ3n) is 3.91. The molecule has 0 radical (unpaired) electrons. The first-order valence-corrected chi connectivity index (χ1v) is 8.60. The first-order valence-electron chi connectivity index (χ1n) is 7.79. The Bertz CT molecular complexity index is 852. The van der Waals surface area contributed by atoms with Crippen molar-refractivity contribution in [1.82, 2.24) is 0 Å². The van der Waals surface area contributed by atoms with Crippen LogP contribution in [0.5, 0.6) is 0 Å². The quantitative estimate of drug-likeness (QED) is 0.511. The number of amides is 1. The van der Waals surface area contributed by atoms with Gasteiger partial charge in [-0.2, -0.15) is 9.99 Å². The van der Waals surface area contributed by atoms with Crippen molar-refractivity contribution >= 4 is 28.2 Å². The summed E-state index contributed by atoms with van der Waals surface area (Å²) in [6.07, 6.45) is 6.26. The summed E-state index contributed by atoms with van der Waals surface area (Å²) in [5.41, 5.74) is 1.73. The maximum Gasteiger partial charge on any atom is 0.339 e. The number of thiophene rings is 1. The van der Waals surface area contributed by atoms with Crippen LogP contribution in [0.4, 0.5) is 5.00 Å². The van der Waals surface area contributed by atoms with Gasteiger partial charge in [0.25, 0.3) is 5.91 Å². The Labute approximate surface area is 148 Å². The number of nitriles is 1. The molecule has 2 aromatic heterocycles. The van der Waals surface area contributed by atoms with Crippen LogP contribution in [0.3, 0.4) is 0 Å². The number of esters is 1. The molecule has 0 aliphatic heterocycles. The second kappa shape index (κ2) is 7.32. The van der Waals surface area contributed by atoms with Crippen molar-refractivity contribution in [2.75, 3.05) is 11.9 Å². The molecular weight excluding hydrogens is 342 g/mol. The smallest absolute Gasteiger partial charge is 0.339 e. The predicted molar refractivity (Wildman–Crippen MR) is 90.0 cm³/mol. The number of aromatic nitrogens is 1. The number of nitrogens with zero attached hydrogens (tertiary/aromatic N) is 2. The minimum Gasteiger partial charge on any atom is -0.619 e. The lowest BCUT2D eigenvalue weighted by molar-refractivity contribution is -0.605. The second-order valence-electron chi connectivity index (χ2n) is 5.60. The van der Waals surface area contributed by atoms with Crippen molar-refractivity contribution in [2.24, 2.45) is 0 Å². The molecule has 0 fully saturated rings. The van der Waals surface area contributed by atoms with Crippen LogP contribution in [-0.2, 0) is 22.4 Å². The highest BCUT2D eigenvalue weighted by Crippen LogP contribution is 2.37. The molecule has 0 saturated heterocycles. The van der Waals surface area contributed by atoms with E-state index in [2.05, 4.69) is 11.4 Å². The molecule has 1 aliphatic rings. The van der Waals surface area contributed by atoms with E-state index in [9.17, 15) is 20.1 Å². The van der Waals surface area contributed by atoms with Gasteiger partial charge in [-0.1, -0.05) is 0 Å². The van der Waals surface area contributed by atoms with E-state index in [0.29, 0.717) is 15.3 Å². The molecule has 2 heterocycles. The molecule has 25 heavy (non-hydrogen) atoms. The SMILES string of the molecule is N#Cc1c(NC(=O)COC(=O)c2cc[n+]([O-])cc2)sc2c1CCCC2. The van der Waals surface area contributed by atoms with Crippen LogP contribution in [0, 0.1) is 16.5 Å². The first kappa shape index (κ1) is 16.9. The Hall–Kier alpha value is -2.92. The van der Waals surface area contributed by atoms with Crippen molar-refractivity contribution in [3.05, 3.63) is 51.3 Å². The Morgan fingerprint density at radius 1 is 1.32 bits per heavy atom. The van der Waals surface area contributed by atoms with Gasteiger partial charge < -0.3 is 15.3 Å². The lowest BCUT2D eigenvalue weighted by atomic mass is 9.96. The number of hydrogen-bond donors (Lipinski definition) is 1. The van der Waals surface area contributed by atoms with Crippen molar-refractivity contribution in [3.8, 4) is 6.07 Å². The molecule has 0 unspecified atom stereocenters. The van der Waals surface area contributed by atoms with Crippen LogP contribution >= 0.6 is 11.3 Å². The molecule has 128 valence electrons. The van der Waals surface area contributed by atoms with E-state index < -0.39 is 18.5 Å². The second-order valence-corrected chi connectivity index (χ2v) is 6.70. The predicted octanol–water partition coefficient (Wildman–Crippen LogP) is 1.93. The van der Waals surface area contributed by atoms with Crippen LogP contribution in [-0.4, -0.2) is 18.5 Å². The zero-order valence-corrected chi connectivity index (χ0v) is 14.1. The number of carbonyl (C=O) groups is 2. The largest absolute Gasteiger partial charge is 0.619 e. The van der Waals surface area contributed by atoms with Gasteiger partial charge in [0.15, 0.2) is 19.0 Å². The number of aryl methyl sites for hydroxylation is 1. The molecule has 7 nitrogen and oxygen atoms in total. The minimum atomic E-state index is -0.693. The monoisotopic (exact) mass is 357 g/mol. The first-order chi connectivity index (χ1) is 12.1. The summed E-state index contributed by atoms with van der Waals surface area (Å²) in [5, 5.41) is 23.5. The summed E-state index contributed by atoms with van der Waals surface area (Å²) in [5.74, 6) is -1.19. The number of pyridine rings is 1. The number of ether oxygens (including phenoxy) is 1. The fourth-order valence-electron chi connectivity index (χ4n) is 2.70. The number of fused-ring (bicyclic) bond motifs is 1. The summed E-state index contributed by atoms with van der Waals surface area (Å²) < 4.78 is 5.48. The van der Waals surface area contributed by atoms with Crippen LogP contribution in [0.1, 0.15) is 39.2 Å². The van der Waals surface area contributed by atoms with E-state index in [1.54, 1.807) is 0 Å². The van der Waals surface area contributed by atoms with Gasteiger partial charge in [0.1, 0.15) is 11.1 Å². The zero-order valence-electron chi connectivity index (χ0n) is 13.3. The molecule has 0 bridgehead atoms.